The molecule has 0 bridgehead atoms. The van der Waals surface area contributed by atoms with Crippen LogP contribution in [0.25, 0.3) is 0 Å². The Balaban J connectivity index is -0.000000106. The van der Waals surface area contributed by atoms with Crippen molar-refractivity contribution in [3.8, 4) is 0 Å². The third-order valence-electron chi connectivity index (χ3n) is 5.09. The maximum Gasteiger partial charge on any atom is 0 e. The first-order valence-corrected chi connectivity index (χ1v) is 23.8. The van der Waals surface area contributed by atoms with Crippen molar-refractivity contribution in [2.24, 2.45) is 4.99 Å². The summed E-state index contributed by atoms with van der Waals surface area (Å²) in [6.07, 6.45) is 1.75. The van der Waals surface area contributed by atoms with Crippen molar-refractivity contribution in [1.82, 2.24) is 14.2 Å². The zero-order valence-corrected chi connectivity index (χ0v) is 32.7. The van der Waals surface area contributed by atoms with Crippen LogP contribution in [0.5, 0.6) is 0 Å². The van der Waals surface area contributed by atoms with E-state index in [9.17, 15) is 34.8 Å². The van der Waals surface area contributed by atoms with E-state index in [0.717, 1.165) is 0 Å². The number of nitrogens with two attached hydrogens (primary N) is 1. The maximum atomic E-state index is 11.4. The van der Waals surface area contributed by atoms with E-state index in [1.54, 1.807) is 31.2 Å². The van der Waals surface area contributed by atoms with Crippen LogP contribution in [0.15, 0.2) is 92.5 Å². The van der Waals surface area contributed by atoms with E-state index in [1.165, 1.54) is 75.8 Å². The quantitative estimate of drug-likeness (QED) is 0.0920. The SMILES string of the molecule is C.C.C.CC.CCC(=O)Nc1ccc(S(=O)(=O)NC)cc1.CNS(=O)(=O)c1ccc(N)cc1.CNS(=O)(=O)c1ccc(N=C=O)cc1.[2H][I-]I.[3HH].[3HH]. The van der Waals surface area contributed by atoms with Gasteiger partial charge in [0.15, 0.2) is 0 Å². The van der Waals surface area contributed by atoms with Gasteiger partial charge in [-0.2, -0.15) is 4.99 Å². The third kappa shape index (κ3) is 21.4. The maximum absolute atomic E-state index is 11.4. The van der Waals surface area contributed by atoms with Crippen LogP contribution >= 0.6 is 18.6 Å². The van der Waals surface area contributed by atoms with E-state index in [4.69, 9.17) is 6.33 Å². The number of hydrogen-bond donors (Lipinski definition) is 5. The number of nitrogen functional groups attached to an aromatic ring is 1. The molecule has 0 atom stereocenters. The fourth-order valence-electron chi connectivity index (χ4n) is 2.72. The van der Waals surface area contributed by atoms with Crippen molar-refractivity contribution in [3.63, 3.8) is 0 Å². The minimum Gasteiger partial charge on any atom is 0 e. The number of halogens is 2. The average molecular weight is 983 g/mol. The third-order valence-corrected chi connectivity index (χ3v) is 9.38. The molecule has 286 valence electrons. The molecule has 0 heterocycles. The first-order valence-electron chi connectivity index (χ1n) is 13.4. The predicted octanol–water partition coefficient (Wildman–Crippen LogP) is 2.73. The molecule has 0 fully saturated rings. The number of rotatable bonds is 9. The van der Waals surface area contributed by atoms with Gasteiger partial charge in [0, 0.05) is 20.6 Å². The summed E-state index contributed by atoms with van der Waals surface area (Å²) in [5.41, 5.74) is 6.90. The van der Waals surface area contributed by atoms with Gasteiger partial charge in [-0.05, 0) is 93.9 Å². The summed E-state index contributed by atoms with van der Waals surface area (Å²) in [5.74, 6) is -0.107. The van der Waals surface area contributed by atoms with Crippen molar-refractivity contribution in [1.29, 1.82) is 0.594 Å². The summed E-state index contributed by atoms with van der Waals surface area (Å²) >= 11 is 1.88. The largest absolute Gasteiger partial charge is 0 e. The Bertz CT molecular complexity index is 1740. The van der Waals surface area contributed by atoms with Crippen molar-refractivity contribution < 1.29 is 56.1 Å². The number of nitrogens with zero attached hydrogens (tertiary/aromatic N) is 1. The first-order chi connectivity index (χ1) is 22.1. The minimum absolute atomic E-state index is 0. The van der Waals surface area contributed by atoms with Gasteiger partial charge in [-0.3, -0.25) is 4.79 Å². The Morgan fingerprint density at radius 2 is 1.08 bits per heavy atom. The van der Waals surface area contributed by atoms with E-state index in [0.29, 0.717) is 23.5 Å². The molecule has 0 spiro atoms. The number of carbonyl (C=O) groups excluding carboxylic acids is 2. The summed E-state index contributed by atoms with van der Waals surface area (Å²) in [4.78, 5) is 24.8. The molecule has 0 saturated carbocycles. The standard InChI is InChI=1S/C10H14N2O3S.C8H8N2O3S.C7H10N2O2S.C2H6.3CH4.HI2.2H2/c1-3-10(13)12-8-4-6-9(7-5-8)16(14,15)11-2;1-9-14(12,13)8-4-2-7(3-5-8)10-6-11;1-9-12(10,11)7-4-2-6(8)3-5-7;1-2;;;;1-2;;/h4-7,11H,3H2,1-2H3,(H,12,13);2-5,9H,1H3;2-5,9H,8H2,1H3;1-2H3;3*1H4;1H;2*1H/q;;;;;;;-1;;/i;;;;;;;1D;2*1+2. The summed E-state index contributed by atoms with van der Waals surface area (Å²) in [6, 6.07) is 17.6. The molecule has 3 rings (SSSR count). The van der Waals surface area contributed by atoms with Gasteiger partial charge in [0.2, 0.25) is 42.1 Å². The van der Waals surface area contributed by atoms with Crippen LogP contribution in [0.4, 0.5) is 17.1 Å². The number of hydrogen-bond acceptors (Lipinski definition) is 10. The molecular weight excluding hydrogens is 922 g/mol. The van der Waals surface area contributed by atoms with Crippen LogP contribution in [-0.2, 0) is 39.7 Å². The molecule has 0 radical (unpaired) electrons. The zero-order chi connectivity index (χ0) is 36.7. The number of aliphatic imine (C=N–C) groups is 1. The van der Waals surface area contributed by atoms with Crippen LogP contribution < -0.4 is 43.6 Å². The fourth-order valence-corrected chi connectivity index (χ4v) is 4.91. The zero-order valence-electron chi connectivity index (χ0n) is 26.9. The van der Waals surface area contributed by atoms with E-state index in [-0.39, 0.29) is 64.1 Å². The van der Waals surface area contributed by atoms with Gasteiger partial charge in [-0.25, -0.2) is 44.2 Å². The minimum atomic E-state index is -3.42. The molecular formula is C30H55I2N6O8S3-. The van der Waals surface area contributed by atoms with Crippen molar-refractivity contribution in [2.75, 3.05) is 32.2 Å². The Morgan fingerprint density at radius 3 is 1.37 bits per heavy atom. The van der Waals surface area contributed by atoms with Gasteiger partial charge >= 0.3 is 37.6 Å². The normalized spacial score (nSPS) is 10.1. The Kier molecular flexibility index (Phi) is 31.8. The molecule has 6 N–H and O–H groups in total. The monoisotopic (exact) mass is 982 g/mol. The molecule has 0 unspecified atom stereocenters. The fraction of sp³-hybridized carbons (Fsp3) is 0.333. The topological polar surface area (TPSA) is 223 Å². The van der Waals surface area contributed by atoms with Gasteiger partial charge in [0.05, 0.1) is 20.4 Å². The molecule has 0 aliphatic carbocycles. The molecule has 19 heteroatoms. The number of nitrogens with one attached hydrogen (secondary N) is 4. The summed E-state index contributed by atoms with van der Waals surface area (Å²) < 4.78 is 80.5. The molecule has 14 nitrogen and oxygen atoms in total. The number of isocyanates is 1. The van der Waals surface area contributed by atoms with Crippen LogP contribution in [0, 0.1) is 0 Å². The van der Waals surface area contributed by atoms with Gasteiger partial charge < -0.3 is 11.1 Å². The van der Waals surface area contributed by atoms with Gasteiger partial charge in [0.25, 0.3) is 0 Å². The van der Waals surface area contributed by atoms with Crippen LogP contribution in [0.3, 0.4) is 0 Å². The number of anilines is 2. The smallest absolute Gasteiger partial charge is 0 e. The second kappa shape index (κ2) is 29.3. The molecule has 0 saturated heterocycles. The number of benzene rings is 3. The van der Waals surface area contributed by atoms with Crippen molar-refractivity contribution in [3.05, 3.63) is 72.8 Å². The van der Waals surface area contributed by atoms with Gasteiger partial charge in [-0.1, -0.05) is 43.1 Å². The van der Waals surface area contributed by atoms with Crippen LogP contribution in [0.2, 0.25) is 0 Å². The van der Waals surface area contributed by atoms with Crippen molar-refractivity contribution in [2.45, 2.75) is 64.2 Å². The van der Waals surface area contributed by atoms with Gasteiger partial charge in [-0.15, -0.1) is 0 Å². The van der Waals surface area contributed by atoms with Crippen molar-refractivity contribution >= 4 is 77.7 Å². The first kappa shape index (κ1) is 53.3. The number of amides is 1. The average Bonchev–Trinajstić information content (AvgIpc) is 3.07. The number of sulfonamides is 3. The second-order valence-electron chi connectivity index (χ2n) is 7.81. The molecule has 0 aromatic heterocycles. The Labute approximate surface area is 320 Å². The summed E-state index contributed by atoms with van der Waals surface area (Å²) in [5, 5.41) is 2.63. The van der Waals surface area contributed by atoms with Gasteiger partial charge in [0.1, 0.15) is 0 Å². The van der Waals surface area contributed by atoms with E-state index in [1.807, 2.05) is 13.8 Å². The number of carbonyl (C=O) groups is 1. The molecule has 0 aliphatic rings. The molecule has 3 aromatic carbocycles. The van der Waals surface area contributed by atoms with Crippen LogP contribution in [-0.4, -0.2) is 59.0 Å². The Hall–Kier alpha value is -2.50. The molecule has 3 aromatic rings. The molecule has 0 aliphatic heterocycles. The summed E-state index contributed by atoms with van der Waals surface area (Å²) in [6.45, 7) is 5.75. The second-order valence-corrected chi connectivity index (χ2v) is 13.5. The predicted molar refractivity (Wildman–Crippen MR) is 210 cm³/mol. The van der Waals surface area contributed by atoms with E-state index in [2.05, 4.69) is 43.1 Å². The van der Waals surface area contributed by atoms with E-state index < -0.39 is 30.1 Å². The van der Waals surface area contributed by atoms with Crippen LogP contribution in [0.1, 0.15) is 52.3 Å². The Morgan fingerprint density at radius 1 is 0.776 bits per heavy atom. The molecule has 1 amide bonds. The molecule has 49 heavy (non-hydrogen) atoms. The van der Waals surface area contributed by atoms with E-state index >= 15 is 0 Å². The summed E-state index contributed by atoms with van der Waals surface area (Å²) in [7, 11) is -6.11.